The van der Waals surface area contributed by atoms with Crippen molar-refractivity contribution in [2.24, 2.45) is 0 Å². The van der Waals surface area contributed by atoms with Gasteiger partial charge in [0.15, 0.2) is 6.61 Å². The Morgan fingerprint density at radius 3 is 1.88 bits per heavy atom. The molecule has 0 saturated heterocycles. The van der Waals surface area contributed by atoms with E-state index in [4.69, 9.17) is 4.74 Å². The molecule has 2 aliphatic rings. The van der Waals surface area contributed by atoms with Gasteiger partial charge in [-0.1, -0.05) is 56.2 Å². The first-order chi connectivity index (χ1) is 12.6. The smallest absolute Gasteiger partial charge is 0.338 e. The summed E-state index contributed by atoms with van der Waals surface area (Å²) in [5, 5.41) is 0. The second kappa shape index (κ2) is 9.20. The summed E-state index contributed by atoms with van der Waals surface area (Å²) >= 11 is 0. The lowest BCUT2D eigenvalue weighted by Crippen LogP contribution is -2.50. The fraction of sp³-hybridized carbons (Fsp3) is 0.636. The molecule has 0 aromatic heterocycles. The molecule has 2 aliphatic carbocycles. The standard InChI is InChI=1S/C22H31NO3/c1-17-12-14-18(15-13-17)22(25)26-16-21(24)23(19-8-4-2-5-9-19)20-10-6-3-7-11-20/h12-15,19-20H,2-11,16H2,1H3. The molecule has 0 N–H and O–H groups in total. The molecule has 4 heteroatoms. The highest BCUT2D eigenvalue weighted by molar-refractivity contribution is 5.91. The molecule has 3 rings (SSSR count). The Hall–Kier alpha value is -1.84. The summed E-state index contributed by atoms with van der Waals surface area (Å²) in [6, 6.07) is 7.93. The van der Waals surface area contributed by atoms with Crippen LogP contribution in [0.5, 0.6) is 0 Å². The minimum absolute atomic E-state index is 0.00994. The van der Waals surface area contributed by atoms with Crippen LogP contribution in [0.2, 0.25) is 0 Å². The molecule has 26 heavy (non-hydrogen) atoms. The molecule has 1 aromatic carbocycles. The van der Waals surface area contributed by atoms with Gasteiger partial charge in [-0.15, -0.1) is 0 Å². The maximum atomic E-state index is 13.0. The number of carbonyl (C=O) groups excluding carboxylic acids is 2. The first kappa shape index (κ1) is 18.9. The second-order valence-electron chi connectivity index (χ2n) is 7.83. The highest BCUT2D eigenvalue weighted by atomic mass is 16.5. The molecule has 142 valence electrons. The molecule has 2 fully saturated rings. The lowest BCUT2D eigenvalue weighted by Gasteiger charge is -2.41. The molecular formula is C22H31NO3. The highest BCUT2D eigenvalue weighted by Gasteiger charge is 2.32. The van der Waals surface area contributed by atoms with Gasteiger partial charge in [0.05, 0.1) is 5.56 Å². The van der Waals surface area contributed by atoms with Gasteiger partial charge in [-0.2, -0.15) is 0 Å². The number of benzene rings is 1. The van der Waals surface area contributed by atoms with Gasteiger partial charge in [0.1, 0.15) is 0 Å². The Morgan fingerprint density at radius 2 is 1.38 bits per heavy atom. The Balaban J connectivity index is 1.62. The van der Waals surface area contributed by atoms with Crippen LogP contribution < -0.4 is 0 Å². The van der Waals surface area contributed by atoms with Crippen molar-refractivity contribution in [3.05, 3.63) is 35.4 Å². The third-order valence-electron chi connectivity index (χ3n) is 5.84. The van der Waals surface area contributed by atoms with Crippen molar-refractivity contribution in [3.8, 4) is 0 Å². The van der Waals surface area contributed by atoms with E-state index in [1.807, 2.05) is 19.1 Å². The third kappa shape index (κ3) is 4.87. The molecule has 0 aliphatic heterocycles. The Morgan fingerprint density at radius 1 is 0.885 bits per heavy atom. The SMILES string of the molecule is Cc1ccc(C(=O)OCC(=O)N(C2CCCCC2)C2CCCCC2)cc1. The number of amides is 1. The van der Waals surface area contributed by atoms with Crippen LogP contribution in [0.15, 0.2) is 24.3 Å². The van der Waals surface area contributed by atoms with E-state index in [2.05, 4.69) is 4.90 Å². The number of aryl methyl sites for hydroxylation is 1. The van der Waals surface area contributed by atoms with Crippen LogP contribution in [0.4, 0.5) is 0 Å². The first-order valence-electron chi connectivity index (χ1n) is 10.2. The molecule has 1 aromatic rings. The molecule has 0 heterocycles. The zero-order valence-corrected chi connectivity index (χ0v) is 15.9. The van der Waals surface area contributed by atoms with Crippen molar-refractivity contribution in [2.45, 2.75) is 83.2 Å². The average Bonchev–Trinajstić information content (AvgIpc) is 2.68. The van der Waals surface area contributed by atoms with Gasteiger partial charge in [0.25, 0.3) is 5.91 Å². The minimum atomic E-state index is -0.411. The molecular weight excluding hydrogens is 326 g/mol. The molecule has 2 saturated carbocycles. The maximum absolute atomic E-state index is 13.0. The third-order valence-corrected chi connectivity index (χ3v) is 5.84. The summed E-state index contributed by atoms with van der Waals surface area (Å²) in [4.78, 5) is 27.3. The Bertz CT molecular complexity index is 580. The number of hydrogen-bond acceptors (Lipinski definition) is 3. The summed E-state index contributed by atoms with van der Waals surface area (Å²) in [5.41, 5.74) is 1.60. The summed E-state index contributed by atoms with van der Waals surface area (Å²) in [5.74, 6) is -0.421. The van der Waals surface area contributed by atoms with Crippen LogP contribution in [0, 0.1) is 6.92 Å². The number of ether oxygens (including phenoxy) is 1. The molecule has 0 radical (unpaired) electrons. The van der Waals surface area contributed by atoms with Gasteiger partial charge in [0, 0.05) is 12.1 Å². The van der Waals surface area contributed by atoms with E-state index in [-0.39, 0.29) is 12.5 Å². The van der Waals surface area contributed by atoms with Gasteiger partial charge < -0.3 is 9.64 Å². The lowest BCUT2D eigenvalue weighted by molar-refractivity contribution is -0.141. The van der Waals surface area contributed by atoms with E-state index >= 15 is 0 Å². The number of hydrogen-bond donors (Lipinski definition) is 0. The van der Waals surface area contributed by atoms with Crippen LogP contribution in [-0.2, 0) is 9.53 Å². The molecule has 0 bridgehead atoms. The summed E-state index contributed by atoms with van der Waals surface area (Å²) in [6.07, 6.45) is 11.7. The maximum Gasteiger partial charge on any atom is 0.338 e. The lowest BCUT2D eigenvalue weighted by atomic mass is 9.88. The van der Waals surface area contributed by atoms with Crippen molar-refractivity contribution in [2.75, 3.05) is 6.61 Å². The topological polar surface area (TPSA) is 46.6 Å². The minimum Gasteiger partial charge on any atom is -0.452 e. The van der Waals surface area contributed by atoms with Crippen molar-refractivity contribution < 1.29 is 14.3 Å². The molecule has 0 unspecified atom stereocenters. The predicted octanol–water partition coefficient (Wildman–Crippen LogP) is 4.65. The van der Waals surface area contributed by atoms with Gasteiger partial charge in [-0.25, -0.2) is 4.79 Å². The largest absolute Gasteiger partial charge is 0.452 e. The summed E-state index contributed by atoms with van der Waals surface area (Å²) in [7, 11) is 0. The Kier molecular flexibility index (Phi) is 6.70. The van der Waals surface area contributed by atoms with E-state index in [9.17, 15) is 9.59 Å². The van der Waals surface area contributed by atoms with Crippen LogP contribution in [0.1, 0.15) is 80.1 Å². The van der Waals surface area contributed by atoms with Crippen LogP contribution in [0.25, 0.3) is 0 Å². The number of rotatable bonds is 5. The summed E-state index contributed by atoms with van der Waals surface area (Å²) in [6.45, 7) is 1.84. The predicted molar refractivity (Wildman–Crippen MR) is 102 cm³/mol. The van der Waals surface area contributed by atoms with Crippen LogP contribution >= 0.6 is 0 Å². The van der Waals surface area contributed by atoms with E-state index in [0.717, 1.165) is 31.2 Å². The van der Waals surface area contributed by atoms with E-state index in [0.29, 0.717) is 17.6 Å². The van der Waals surface area contributed by atoms with E-state index < -0.39 is 5.97 Å². The monoisotopic (exact) mass is 357 g/mol. The molecule has 0 atom stereocenters. The number of carbonyl (C=O) groups is 2. The number of esters is 1. The normalized spacial score (nSPS) is 19.1. The fourth-order valence-corrected chi connectivity index (χ4v) is 4.40. The van der Waals surface area contributed by atoms with Gasteiger partial charge in [-0.3, -0.25) is 4.79 Å². The van der Waals surface area contributed by atoms with Crippen molar-refractivity contribution in [1.29, 1.82) is 0 Å². The van der Waals surface area contributed by atoms with Gasteiger partial charge in [-0.05, 0) is 44.7 Å². The molecule has 0 spiro atoms. The quantitative estimate of drug-likeness (QED) is 0.721. The Labute approximate surface area is 156 Å². The first-order valence-corrected chi connectivity index (χ1v) is 10.2. The van der Waals surface area contributed by atoms with Gasteiger partial charge in [0.2, 0.25) is 0 Å². The van der Waals surface area contributed by atoms with E-state index in [1.54, 1.807) is 12.1 Å². The van der Waals surface area contributed by atoms with Crippen LogP contribution in [-0.4, -0.2) is 35.5 Å². The number of nitrogens with zero attached hydrogens (tertiary/aromatic N) is 1. The van der Waals surface area contributed by atoms with Crippen molar-refractivity contribution >= 4 is 11.9 Å². The van der Waals surface area contributed by atoms with Crippen molar-refractivity contribution in [3.63, 3.8) is 0 Å². The average molecular weight is 357 g/mol. The van der Waals surface area contributed by atoms with E-state index in [1.165, 1.54) is 38.5 Å². The van der Waals surface area contributed by atoms with Crippen molar-refractivity contribution in [1.82, 2.24) is 4.90 Å². The van der Waals surface area contributed by atoms with Gasteiger partial charge >= 0.3 is 5.97 Å². The summed E-state index contributed by atoms with van der Waals surface area (Å²) < 4.78 is 5.36. The zero-order valence-electron chi connectivity index (χ0n) is 15.9. The molecule has 4 nitrogen and oxygen atoms in total. The highest BCUT2D eigenvalue weighted by Crippen LogP contribution is 2.30. The molecule has 1 amide bonds. The fourth-order valence-electron chi connectivity index (χ4n) is 4.40. The second-order valence-corrected chi connectivity index (χ2v) is 7.83. The van der Waals surface area contributed by atoms with Crippen LogP contribution in [0.3, 0.4) is 0 Å². The zero-order chi connectivity index (χ0) is 18.4.